The summed E-state index contributed by atoms with van der Waals surface area (Å²) in [6.07, 6.45) is 0. The normalized spacial score (nSPS) is 21.7. The van der Waals surface area contributed by atoms with E-state index in [1.54, 1.807) is 0 Å². The molecule has 1 atom stereocenters. The molecule has 1 nitrogen and oxygen atoms in total. The zero-order chi connectivity index (χ0) is 9.42. The topological polar surface area (TPSA) is 17.1 Å². The number of Topliss-reactive ketones (excluding diaryl/α,β-unsaturated/α-hetero) is 1. The molecule has 3 heteroatoms. The summed E-state index contributed by atoms with van der Waals surface area (Å²) < 4.78 is 0. The fourth-order valence-corrected chi connectivity index (χ4v) is 2.08. The van der Waals surface area contributed by atoms with Gasteiger partial charge < -0.3 is 0 Å². The Morgan fingerprint density at radius 2 is 1.77 bits per heavy atom. The number of alkyl halides is 1. The second kappa shape index (κ2) is 3.17. The second-order valence-electron chi connectivity index (χ2n) is 2.82. The van der Waals surface area contributed by atoms with E-state index in [0.717, 1.165) is 11.1 Å². The van der Waals surface area contributed by atoms with Crippen LogP contribution in [0, 0.1) is 0 Å². The van der Waals surface area contributed by atoms with Gasteiger partial charge in [-0.3, -0.25) is 4.79 Å². The van der Waals surface area contributed by atoms with Crippen molar-refractivity contribution >= 4 is 34.6 Å². The fourth-order valence-electron chi connectivity index (χ4n) is 1.30. The van der Waals surface area contributed by atoms with Crippen molar-refractivity contribution in [2.45, 2.75) is 5.38 Å². The van der Waals surface area contributed by atoms with Crippen LogP contribution in [0.15, 0.2) is 35.4 Å². The van der Waals surface area contributed by atoms with Gasteiger partial charge in [-0.05, 0) is 5.56 Å². The molecule has 2 rings (SSSR count). The van der Waals surface area contributed by atoms with E-state index in [4.69, 9.17) is 23.2 Å². The molecule has 0 N–H and O–H groups in total. The van der Waals surface area contributed by atoms with E-state index < -0.39 is 5.38 Å². The molecule has 0 aromatic heterocycles. The van der Waals surface area contributed by atoms with Crippen LogP contribution < -0.4 is 0 Å². The number of hydrogen-bond acceptors (Lipinski definition) is 1. The predicted octanol–water partition coefficient (Wildman–Crippen LogP) is 2.83. The summed E-state index contributed by atoms with van der Waals surface area (Å²) in [5, 5.41) is -0.291. The molecule has 1 aliphatic rings. The van der Waals surface area contributed by atoms with Gasteiger partial charge in [-0.1, -0.05) is 41.9 Å². The number of hydrogen-bond donors (Lipinski definition) is 0. The first-order chi connectivity index (χ1) is 6.22. The summed E-state index contributed by atoms with van der Waals surface area (Å²) >= 11 is 11.5. The zero-order valence-electron chi connectivity index (χ0n) is 6.63. The number of carbonyl (C=O) groups excluding carboxylic acids is 1. The SMILES string of the molecule is O=C1C(Cl)=C(c2ccccc2)[C@H]1Cl. The molecule has 0 aliphatic heterocycles. The smallest absolute Gasteiger partial charge is 0.196 e. The minimum absolute atomic E-state index is 0.179. The van der Waals surface area contributed by atoms with Gasteiger partial charge in [0.05, 0.1) is 5.03 Å². The molecule has 0 saturated carbocycles. The first kappa shape index (κ1) is 8.79. The minimum Gasteiger partial charge on any atom is -0.291 e. The Balaban J connectivity index is 2.45. The molecule has 0 fully saturated rings. The standard InChI is InChI=1S/C10H6Cl2O/c11-8-7(9(12)10(8)13)6-4-2-1-3-5-6/h1-5,8H/t8-/m1/s1. The molecule has 66 valence electrons. The molecule has 0 heterocycles. The highest BCUT2D eigenvalue weighted by Gasteiger charge is 2.37. The molecule has 0 amide bonds. The van der Waals surface area contributed by atoms with Crippen molar-refractivity contribution in [1.82, 2.24) is 0 Å². The maximum absolute atomic E-state index is 11.0. The molecule has 0 bridgehead atoms. The third-order valence-electron chi connectivity index (χ3n) is 2.02. The van der Waals surface area contributed by atoms with Gasteiger partial charge >= 0.3 is 0 Å². The lowest BCUT2D eigenvalue weighted by atomic mass is 9.90. The van der Waals surface area contributed by atoms with Crippen molar-refractivity contribution in [3.63, 3.8) is 0 Å². The lowest BCUT2D eigenvalue weighted by Gasteiger charge is -2.23. The summed E-state index contributed by atoms with van der Waals surface area (Å²) in [7, 11) is 0. The van der Waals surface area contributed by atoms with Gasteiger partial charge in [0.25, 0.3) is 0 Å². The van der Waals surface area contributed by atoms with Crippen LogP contribution in [0.4, 0.5) is 0 Å². The molecule has 0 unspecified atom stereocenters. The lowest BCUT2D eigenvalue weighted by Crippen LogP contribution is -2.28. The van der Waals surface area contributed by atoms with Crippen LogP contribution in [0.2, 0.25) is 0 Å². The van der Waals surface area contributed by atoms with E-state index in [2.05, 4.69) is 0 Å². The first-order valence-electron chi connectivity index (χ1n) is 3.85. The number of rotatable bonds is 1. The lowest BCUT2D eigenvalue weighted by molar-refractivity contribution is -0.114. The third-order valence-corrected chi connectivity index (χ3v) is 2.83. The van der Waals surface area contributed by atoms with Gasteiger partial charge in [0.15, 0.2) is 5.78 Å². The van der Waals surface area contributed by atoms with Gasteiger partial charge in [0.2, 0.25) is 0 Å². The van der Waals surface area contributed by atoms with Gasteiger partial charge in [0.1, 0.15) is 5.38 Å². The average molecular weight is 213 g/mol. The van der Waals surface area contributed by atoms with E-state index in [1.165, 1.54) is 0 Å². The van der Waals surface area contributed by atoms with Crippen molar-refractivity contribution in [3.8, 4) is 0 Å². The van der Waals surface area contributed by atoms with Gasteiger partial charge in [-0.15, -0.1) is 11.6 Å². The van der Waals surface area contributed by atoms with E-state index >= 15 is 0 Å². The van der Waals surface area contributed by atoms with Crippen LogP contribution in [0.1, 0.15) is 5.56 Å². The van der Waals surface area contributed by atoms with Crippen molar-refractivity contribution in [2.24, 2.45) is 0 Å². The Morgan fingerprint density at radius 1 is 1.15 bits per heavy atom. The summed E-state index contributed by atoms with van der Waals surface area (Å²) in [4.78, 5) is 11.0. The van der Waals surface area contributed by atoms with Gasteiger partial charge in [-0.2, -0.15) is 0 Å². The quantitative estimate of drug-likeness (QED) is 0.655. The van der Waals surface area contributed by atoms with Crippen LogP contribution in [0.25, 0.3) is 5.57 Å². The molecule has 0 saturated heterocycles. The fraction of sp³-hybridized carbons (Fsp3) is 0.100. The van der Waals surface area contributed by atoms with Crippen molar-refractivity contribution in [2.75, 3.05) is 0 Å². The molecule has 0 radical (unpaired) electrons. The highest BCUT2D eigenvalue weighted by molar-refractivity contribution is 6.60. The van der Waals surface area contributed by atoms with Gasteiger partial charge in [-0.25, -0.2) is 0 Å². The third kappa shape index (κ3) is 1.28. The first-order valence-corrected chi connectivity index (χ1v) is 4.66. The number of ketones is 1. The summed E-state index contributed by atoms with van der Waals surface area (Å²) in [6, 6.07) is 9.46. The molecular formula is C10H6Cl2O. The minimum atomic E-state index is -0.560. The molecule has 1 aromatic rings. The second-order valence-corrected chi connectivity index (χ2v) is 3.63. The average Bonchev–Trinajstić information content (AvgIpc) is 2.19. The van der Waals surface area contributed by atoms with Crippen LogP contribution in [0.5, 0.6) is 0 Å². The maximum atomic E-state index is 11.0. The van der Waals surface area contributed by atoms with Gasteiger partial charge in [0, 0.05) is 5.57 Å². The van der Waals surface area contributed by atoms with Crippen molar-refractivity contribution < 1.29 is 4.79 Å². The Morgan fingerprint density at radius 3 is 2.31 bits per heavy atom. The Bertz CT molecular complexity index is 381. The van der Waals surface area contributed by atoms with E-state index in [-0.39, 0.29) is 10.8 Å². The zero-order valence-corrected chi connectivity index (χ0v) is 8.14. The van der Waals surface area contributed by atoms with E-state index in [9.17, 15) is 4.79 Å². The van der Waals surface area contributed by atoms with E-state index in [0.29, 0.717) is 0 Å². The van der Waals surface area contributed by atoms with Crippen molar-refractivity contribution in [3.05, 3.63) is 40.9 Å². The van der Waals surface area contributed by atoms with Crippen LogP contribution >= 0.6 is 23.2 Å². The number of benzene rings is 1. The predicted molar refractivity (Wildman–Crippen MR) is 53.9 cm³/mol. The highest BCUT2D eigenvalue weighted by atomic mass is 35.5. The number of halogens is 2. The molecule has 1 aromatic carbocycles. The highest BCUT2D eigenvalue weighted by Crippen LogP contribution is 2.39. The molecule has 0 spiro atoms. The van der Waals surface area contributed by atoms with Crippen LogP contribution in [-0.4, -0.2) is 11.2 Å². The van der Waals surface area contributed by atoms with Crippen molar-refractivity contribution in [1.29, 1.82) is 0 Å². The number of allylic oxidation sites excluding steroid dienone is 2. The Kier molecular flexibility index (Phi) is 2.14. The van der Waals surface area contributed by atoms with Crippen LogP contribution in [0.3, 0.4) is 0 Å². The Hall–Kier alpha value is -0.790. The monoisotopic (exact) mass is 212 g/mol. The summed E-state index contributed by atoms with van der Waals surface area (Å²) in [6.45, 7) is 0. The largest absolute Gasteiger partial charge is 0.291 e. The maximum Gasteiger partial charge on any atom is 0.196 e. The van der Waals surface area contributed by atoms with E-state index in [1.807, 2.05) is 30.3 Å². The summed E-state index contributed by atoms with van der Waals surface area (Å²) in [5.74, 6) is -0.179. The molecule has 13 heavy (non-hydrogen) atoms. The summed E-state index contributed by atoms with van der Waals surface area (Å²) in [5.41, 5.74) is 1.67. The Labute approximate surface area is 86.0 Å². The number of carbonyl (C=O) groups is 1. The molecular weight excluding hydrogens is 207 g/mol. The van der Waals surface area contributed by atoms with Crippen LogP contribution in [-0.2, 0) is 4.79 Å². The molecule has 1 aliphatic carbocycles.